The molecule has 30 heavy (non-hydrogen) atoms. The van der Waals surface area contributed by atoms with E-state index in [9.17, 15) is 9.18 Å². The molecule has 0 radical (unpaired) electrons. The zero-order valence-corrected chi connectivity index (χ0v) is 16.8. The fraction of sp³-hybridized carbons (Fsp3) is 0.348. The smallest absolute Gasteiger partial charge is 0.261 e. The molecule has 5 rings (SSSR count). The summed E-state index contributed by atoms with van der Waals surface area (Å²) in [6.45, 7) is 4.60. The number of benzene rings is 1. The van der Waals surface area contributed by atoms with E-state index in [2.05, 4.69) is 15.0 Å². The van der Waals surface area contributed by atoms with Gasteiger partial charge in [-0.1, -0.05) is 11.2 Å². The van der Waals surface area contributed by atoms with E-state index in [1.54, 1.807) is 16.7 Å². The number of rotatable bonds is 4. The molecule has 6 nitrogen and oxygen atoms in total. The Bertz CT molecular complexity index is 1270. The maximum Gasteiger partial charge on any atom is 0.261 e. The Kier molecular flexibility index (Phi) is 4.83. The Morgan fingerprint density at radius 2 is 2.03 bits per heavy atom. The summed E-state index contributed by atoms with van der Waals surface area (Å²) < 4.78 is 20.3. The fourth-order valence-electron chi connectivity index (χ4n) is 4.45. The van der Waals surface area contributed by atoms with Crippen molar-refractivity contribution in [2.45, 2.75) is 32.1 Å². The third kappa shape index (κ3) is 3.39. The molecule has 0 aliphatic carbocycles. The van der Waals surface area contributed by atoms with Gasteiger partial charge in [0.2, 0.25) is 0 Å². The number of pyridine rings is 1. The van der Waals surface area contributed by atoms with Crippen LogP contribution in [0, 0.1) is 12.7 Å². The molecule has 1 aliphatic rings. The molecule has 0 N–H and O–H groups in total. The normalized spacial score (nSPS) is 15.9. The zero-order valence-electron chi connectivity index (χ0n) is 16.8. The lowest BCUT2D eigenvalue weighted by molar-refractivity contribution is 0.211. The van der Waals surface area contributed by atoms with Crippen molar-refractivity contribution < 1.29 is 8.91 Å². The maximum absolute atomic E-state index is 13.4. The Balaban J connectivity index is 1.26. The van der Waals surface area contributed by atoms with Crippen molar-refractivity contribution in [2.24, 2.45) is 0 Å². The molecule has 1 fully saturated rings. The van der Waals surface area contributed by atoms with Crippen LogP contribution >= 0.6 is 0 Å². The number of hydrogen-bond acceptors (Lipinski definition) is 5. The minimum atomic E-state index is -0.311. The fourth-order valence-corrected chi connectivity index (χ4v) is 4.45. The first-order valence-corrected chi connectivity index (χ1v) is 10.3. The van der Waals surface area contributed by atoms with E-state index >= 15 is 0 Å². The van der Waals surface area contributed by atoms with Crippen LogP contribution in [0.15, 0.2) is 51.9 Å². The van der Waals surface area contributed by atoms with Crippen LogP contribution in [0.25, 0.3) is 16.6 Å². The van der Waals surface area contributed by atoms with Gasteiger partial charge < -0.3 is 9.42 Å². The number of fused-ring (bicyclic) bond motifs is 2. The topological polar surface area (TPSA) is 63.6 Å². The van der Waals surface area contributed by atoms with Gasteiger partial charge >= 0.3 is 0 Å². The van der Waals surface area contributed by atoms with E-state index in [0.29, 0.717) is 23.6 Å². The lowest BCUT2D eigenvalue weighted by Gasteiger charge is -2.31. The van der Waals surface area contributed by atoms with Gasteiger partial charge in [0.1, 0.15) is 11.5 Å². The minimum Gasteiger partial charge on any atom is -0.356 e. The van der Waals surface area contributed by atoms with E-state index < -0.39 is 0 Å². The molecular weight excluding hydrogens is 383 g/mol. The predicted molar refractivity (Wildman–Crippen MR) is 112 cm³/mol. The van der Waals surface area contributed by atoms with Crippen LogP contribution in [-0.2, 0) is 6.42 Å². The average Bonchev–Trinajstić information content (AvgIpc) is 3.17. The summed E-state index contributed by atoms with van der Waals surface area (Å²) in [5.74, 6) is -0.00273. The Morgan fingerprint density at radius 1 is 1.20 bits per heavy atom. The van der Waals surface area contributed by atoms with E-state index in [4.69, 9.17) is 4.52 Å². The van der Waals surface area contributed by atoms with Crippen LogP contribution < -0.4 is 5.56 Å². The number of aryl methyl sites for hydroxylation is 1. The van der Waals surface area contributed by atoms with Gasteiger partial charge in [0, 0.05) is 41.4 Å². The Labute approximate surface area is 172 Å². The molecule has 0 spiro atoms. The Hall–Kier alpha value is -3.06. The number of nitrogens with zero attached hydrogens (tertiary/aromatic N) is 4. The molecule has 1 saturated heterocycles. The molecule has 0 amide bonds. The van der Waals surface area contributed by atoms with E-state index in [1.165, 1.54) is 12.1 Å². The van der Waals surface area contributed by atoms with E-state index in [1.807, 2.05) is 25.1 Å². The number of hydrogen-bond donors (Lipinski definition) is 0. The number of halogens is 1. The lowest BCUT2D eigenvalue weighted by Crippen LogP contribution is -2.35. The number of aromatic nitrogens is 3. The molecule has 7 heteroatoms. The molecule has 3 aromatic heterocycles. The molecule has 4 aromatic rings. The molecule has 0 atom stereocenters. The average molecular weight is 406 g/mol. The van der Waals surface area contributed by atoms with Gasteiger partial charge in [0.05, 0.1) is 5.69 Å². The summed E-state index contributed by atoms with van der Waals surface area (Å²) >= 11 is 0. The van der Waals surface area contributed by atoms with Gasteiger partial charge in [-0.3, -0.25) is 9.20 Å². The SMILES string of the molecule is Cc1nc2ccccn2c(=O)c1CCN1CCC(c2noc3cc(F)ccc23)CC1. The molecule has 0 saturated carbocycles. The number of likely N-dealkylation sites (tertiary alicyclic amines) is 1. The molecular formula is C23H23FN4O2. The minimum absolute atomic E-state index is 0.0225. The first-order chi connectivity index (χ1) is 14.6. The van der Waals surface area contributed by atoms with Crippen molar-refractivity contribution in [3.8, 4) is 0 Å². The molecule has 1 aromatic carbocycles. The Morgan fingerprint density at radius 3 is 2.87 bits per heavy atom. The van der Waals surface area contributed by atoms with Gasteiger partial charge in [-0.05, 0) is 63.5 Å². The van der Waals surface area contributed by atoms with Crippen molar-refractivity contribution in [1.82, 2.24) is 19.4 Å². The van der Waals surface area contributed by atoms with Crippen LogP contribution in [0.5, 0.6) is 0 Å². The second kappa shape index (κ2) is 7.65. The van der Waals surface area contributed by atoms with Crippen LogP contribution in [0.1, 0.15) is 35.7 Å². The van der Waals surface area contributed by atoms with E-state index in [-0.39, 0.29) is 11.4 Å². The highest BCUT2D eigenvalue weighted by Crippen LogP contribution is 2.32. The van der Waals surface area contributed by atoms with Gasteiger partial charge in [-0.25, -0.2) is 9.37 Å². The highest BCUT2D eigenvalue weighted by atomic mass is 19.1. The third-order valence-electron chi connectivity index (χ3n) is 6.15. The summed E-state index contributed by atoms with van der Waals surface area (Å²) in [5, 5.41) is 5.12. The van der Waals surface area contributed by atoms with Gasteiger partial charge in [0.25, 0.3) is 5.56 Å². The summed E-state index contributed by atoms with van der Waals surface area (Å²) in [4.78, 5) is 19.8. The summed E-state index contributed by atoms with van der Waals surface area (Å²) in [6.07, 6.45) is 4.39. The quantitative estimate of drug-likeness (QED) is 0.517. The predicted octanol–water partition coefficient (Wildman–Crippen LogP) is 3.71. The van der Waals surface area contributed by atoms with Crippen molar-refractivity contribution in [3.05, 3.63) is 75.7 Å². The molecule has 1 aliphatic heterocycles. The lowest BCUT2D eigenvalue weighted by atomic mass is 9.91. The van der Waals surface area contributed by atoms with Crippen LogP contribution in [-0.4, -0.2) is 39.1 Å². The van der Waals surface area contributed by atoms with Crippen molar-refractivity contribution in [3.63, 3.8) is 0 Å². The summed E-state index contributed by atoms with van der Waals surface area (Å²) in [5.41, 5.74) is 3.73. The third-order valence-corrected chi connectivity index (χ3v) is 6.15. The molecule has 0 unspecified atom stereocenters. The summed E-state index contributed by atoms with van der Waals surface area (Å²) in [7, 11) is 0. The number of piperidine rings is 1. The largest absolute Gasteiger partial charge is 0.356 e. The first-order valence-electron chi connectivity index (χ1n) is 10.3. The van der Waals surface area contributed by atoms with Crippen LogP contribution in [0.3, 0.4) is 0 Å². The first kappa shape index (κ1) is 18.9. The van der Waals surface area contributed by atoms with Gasteiger partial charge in [-0.2, -0.15) is 0 Å². The highest BCUT2D eigenvalue weighted by molar-refractivity contribution is 5.79. The zero-order chi connectivity index (χ0) is 20.7. The van der Waals surface area contributed by atoms with Gasteiger partial charge in [0.15, 0.2) is 5.58 Å². The molecule has 154 valence electrons. The second-order valence-corrected chi connectivity index (χ2v) is 7.98. The standard InChI is InChI=1S/C23H23FN4O2/c1-15-18(23(29)28-10-3-2-4-21(28)25-15)9-13-27-11-7-16(8-12-27)22-19-6-5-17(24)14-20(19)30-26-22/h2-6,10,14,16H,7-9,11-13H2,1H3. The molecule has 4 heterocycles. The maximum atomic E-state index is 13.4. The monoisotopic (exact) mass is 406 g/mol. The van der Waals surface area contributed by atoms with E-state index in [0.717, 1.165) is 54.8 Å². The molecule has 0 bridgehead atoms. The highest BCUT2D eigenvalue weighted by Gasteiger charge is 2.25. The van der Waals surface area contributed by atoms with Crippen molar-refractivity contribution >= 4 is 16.6 Å². The summed E-state index contributed by atoms with van der Waals surface area (Å²) in [6, 6.07) is 10.2. The van der Waals surface area contributed by atoms with Crippen LogP contribution in [0.4, 0.5) is 4.39 Å². The second-order valence-electron chi connectivity index (χ2n) is 7.98. The van der Waals surface area contributed by atoms with Gasteiger partial charge in [-0.15, -0.1) is 0 Å². The van der Waals surface area contributed by atoms with Crippen molar-refractivity contribution in [2.75, 3.05) is 19.6 Å². The van der Waals surface area contributed by atoms with Crippen molar-refractivity contribution in [1.29, 1.82) is 0 Å². The van der Waals surface area contributed by atoms with Crippen LogP contribution in [0.2, 0.25) is 0 Å².